The maximum atomic E-state index is 12.5. The van der Waals surface area contributed by atoms with Crippen LogP contribution < -0.4 is 0 Å². The fraction of sp³-hybridized carbons (Fsp3) is 0.500. The van der Waals surface area contributed by atoms with Crippen LogP contribution in [-0.4, -0.2) is 11.1 Å². The van der Waals surface area contributed by atoms with Gasteiger partial charge in [0.15, 0.2) is 0 Å². The Morgan fingerprint density at radius 1 is 1.16 bits per heavy atom. The van der Waals surface area contributed by atoms with Crippen LogP contribution >= 0.6 is 0 Å². The molecule has 1 N–H and O–H groups in total. The predicted octanol–water partition coefficient (Wildman–Crippen LogP) is 4.09. The number of alkyl halides is 3. The molecule has 106 valence electrons. The zero-order valence-corrected chi connectivity index (χ0v) is 11.1. The van der Waals surface area contributed by atoms with Gasteiger partial charge in [0.2, 0.25) is 0 Å². The summed E-state index contributed by atoms with van der Waals surface area (Å²) in [6.07, 6.45) is -3.96. The highest BCUT2D eigenvalue weighted by Gasteiger charge is 2.36. The Labute approximate surface area is 110 Å². The number of benzene rings is 1. The third-order valence-corrected chi connectivity index (χ3v) is 3.53. The van der Waals surface area contributed by atoms with E-state index >= 15 is 0 Å². The van der Waals surface area contributed by atoms with Gasteiger partial charge in [-0.15, -0.1) is 0 Å². The number of aliphatic carboxylic acids is 1. The van der Waals surface area contributed by atoms with Gasteiger partial charge in [-0.05, 0) is 24.1 Å². The van der Waals surface area contributed by atoms with Crippen LogP contribution in [0.5, 0.6) is 0 Å². The van der Waals surface area contributed by atoms with Crippen molar-refractivity contribution in [1.82, 2.24) is 0 Å². The van der Waals surface area contributed by atoms with Crippen molar-refractivity contribution in [3.8, 4) is 0 Å². The summed E-state index contributed by atoms with van der Waals surface area (Å²) in [7, 11) is 0. The molecule has 0 unspecified atom stereocenters. The topological polar surface area (TPSA) is 37.3 Å². The molecule has 1 atom stereocenters. The number of carbonyl (C=O) groups is 1. The average Bonchev–Trinajstić information content (AvgIpc) is 2.28. The molecule has 2 nitrogen and oxygen atoms in total. The zero-order valence-electron chi connectivity index (χ0n) is 11.1. The molecule has 5 heteroatoms. The van der Waals surface area contributed by atoms with E-state index < -0.39 is 29.0 Å². The lowest BCUT2D eigenvalue weighted by Gasteiger charge is -2.31. The fourth-order valence-electron chi connectivity index (χ4n) is 2.28. The Morgan fingerprint density at radius 2 is 1.58 bits per heavy atom. The second-order valence-electron chi connectivity index (χ2n) is 5.10. The standard InChI is InChI=1S/C14H17F3O2/c1-4-11(12(18)19)13(2,3)9-5-7-10(8-6-9)14(15,16)17/h5-8,11H,4H2,1-3H3,(H,18,19)/t11-/m1/s1. The molecular weight excluding hydrogens is 257 g/mol. The zero-order chi connectivity index (χ0) is 14.8. The molecule has 19 heavy (non-hydrogen) atoms. The Kier molecular flexibility index (Phi) is 4.28. The van der Waals surface area contributed by atoms with Crippen molar-refractivity contribution in [3.63, 3.8) is 0 Å². The lowest BCUT2D eigenvalue weighted by molar-refractivity contribution is -0.144. The van der Waals surface area contributed by atoms with Crippen molar-refractivity contribution in [3.05, 3.63) is 35.4 Å². The van der Waals surface area contributed by atoms with Gasteiger partial charge in [-0.1, -0.05) is 32.9 Å². The Balaban J connectivity index is 3.12. The fourth-order valence-corrected chi connectivity index (χ4v) is 2.28. The van der Waals surface area contributed by atoms with E-state index in [1.807, 2.05) is 0 Å². The molecule has 0 aliphatic heterocycles. The summed E-state index contributed by atoms with van der Waals surface area (Å²) in [5.74, 6) is -1.57. The molecule has 0 heterocycles. The lowest BCUT2D eigenvalue weighted by Crippen LogP contribution is -2.34. The summed E-state index contributed by atoms with van der Waals surface area (Å²) in [4.78, 5) is 11.2. The third kappa shape index (κ3) is 3.28. The number of hydrogen-bond acceptors (Lipinski definition) is 1. The van der Waals surface area contributed by atoms with Gasteiger partial charge < -0.3 is 5.11 Å². The summed E-state index contributed by atoms with van der Waals surface area (Å²) in [6.45, 7) is 5.22. The van der Waals surface area contributed by atoms with E-state index in [1.54, 1.807) is 20.8 Å². The second-order valence-corrected chi connectivity index (χ2v) is 5.10. The van der Waals surface area contributed by atoms with E-state index in [9.17, 15) is 23.1 Å². The van der Waals surface area contributed by atoms with Crippen LogP contribution in [0.1, 0.15) is 38.3 Å². The normalized spacial score (nSPS) is 14.2. The van der Waals surface area contributed by atoms with Crippen LogP contribution in [0.3, 0.4) is 0 Å². The minimum absolute atomic E-state index is 0.420. The maximum absolute atomic E-state index is 12.5. The van der Waals surface area contributed by atoms with Crippen LogP contribution in [-0.2, 0) is 16.4 Å². The number of halogens is 3. The van der Waals surface area contributed by atoms with Crippen molar-refractivity contribution in [1.29, 1.82) is 0 Å². The number of carboxylic acids is 1. The Bertz CT molecular complexity index is 447. The van der Waals surface area contributed by atoms with Gasteiger partial charge in [0, 0.05) is 5.41 Å². The van der Waals surface area contributed by atoms with Crippen LogP contribution in [0.15, 0.2) is 24.3 Å². The molecular formula is C14H17F3O2. The maximum Gasteiger partial charge on any atom is 0.416 e. The third-order valence-electron chi connectivity index (χ3n) is 3.53. The molecule has 1 rings (SSSR count). The molecule has 0 bridgehead atoms. The summed E-state index contributed by atoms with van der Waals surface area (Å²) in [5, 5.41) is 9.17. The highest BCUT2D eigenvalue weighted by Crippen LogP contribution is 2.36. The first kappa shape index (κ1) is 15.5. The minimum atomic E-state index is -4.38. The van der Waals surface area contributed by atoms with Gasteiger partial charge in [-0.3, -0.25) is 4.79 Å². The molecule has 0 saturated carbocycles. The summed E-state index contributed by atoms with van der Waals surface area (Å²) in [5.41, 5.74) is -0.852. The first-order chi connectivity index (χ1) is 8.60. The van der Waals surface area contributed by atoms with Gasteiger partial charge in [0.25, 0.3) is 0 Å². The quantitative estimate of drug-likeness (QED) is 0.897. The molecule has 0 fully saturated rings. The van der Waals surface area contributed by atoms with E-state index in [0.717, 1.165) is 12.1 Å². The first-order valence-electron chi connectivity index (χ1n) is 6.01. The smallest absolute Gasteiger partial charge is 0.416 e. The largest absolute Gasteiger partial charge is 0.481 e. The van der Waals surface area contributed by atoms with Gasteiger partial charge in [0.1, 0.15) is 0 Å². The molecule has 0 saturated heterocycles. The molecule has 0 aliphatic rings. The van der Waals surface area contributed by atoms with Crippen LogP contribution in [0.25, 0.3) is 0 Å². The van der Waals surface area contributed by atoms with Crippen molar-refractivity contribution in [2.75, 3.05) is 0 Å². The summed E-state index contributed by atoms with van der Waals surface area (Å²) < 4.78 is 37.4. The van der Waals surface area contributed by atoms with E-state index in [1.165, 1.54) is 12.1 Å². The van der Waals surface area contributed by atoms with Gasteiger partial charge in [-0.25, -0.2) is 0 Å². The summed E-state index contributed by atoms with van der Waals surface area (Å²) >= 11 is 0. The van der Waals surface area contributed by atoms with Crippen molar-refractivity contribution in [2.24, 2.45) is 5.92 Å². The second kappa shape index (κ2) is 5.23. The monoisotopic (exact) mass is 274 g/mol. The number of carboxylic acid groups (broad SMARTS) is 1. The lowest BCUT2D eigenvalue weighted by atomic mass is 9.72. The SMILES string of the molecule is CC[C@H](C(=O)O)C(C)(C)c1ccc(C(F)(F)F)cc1. The number of hydrogen-bond donors (Lipinski definition) is 1. The molecule has 0 radical (unpaired) electrons. The summed E-state index contributed by atoms with van der Waals surface area (Å²) in [6, 6.07) is 4.69. The van der Waals surface area contributed by atoms with Gasteiger partial charge in [-0.2, -0.15) is 13.2 Å². The number of rotatable bonds is 4. The average molecular weight is 274 g/mol. The van der Waals surface area contributed by atoms with Gasteiger partial charge in [0.05, 0.1) is 11.5 Å². The molecule has 1 aromatic rings. The van der Waals surface area contributed by atoms with Crippen LogP contribution in [0, 0.1) is 5.92 Å². The Hall–Kier alpha value is -1.52. The highest BCUT2D eigenvalue weighted by molar-refractivity contribution is 5.72. The van der Waals surface area contributed by atoms with Crippen molar-refractivity contribution >= 4 is 5.97 Å². The molecule has 0 aliphatic carbocycles. The van der Waals surface area contributed by atoms with E-state index in [4.69, 9.17) is 0 Å². The van der Waals surface area contributed by atoms with E-state index in [-0.39, 0.29) is 0 Å². The highest BCUT2D eigenvalue weighted by atomic mass is 19.4. The van der Waals surface area contributed by atoms with Gasteiger partial charge >= 0.3 is 12.1 Å². The van der Waals surface area contributed by atoms with Crippen LogP contribution in [0.4, 0.5) is 13.2 Å². The molecule has 0 spiro atoms. The molecule has 0 amide bonds. The molecule has 1 aromatic carbocycles. The van der Waals surface area contributed by atoms with E-state index in [0.29, 0.717) is 12.0 Å². The van der Waals surface area contributed by atoms with Crippen LogP contribution in [0.2, 0.25) is 0 Å². The molecule has 0 aromatic heterocycles. The van der Waals surface area contributed by atoms with Crippen molar-refractivity contribution < 1.29 is 23.1 Å². The first-order valence-corrected chi connectivity index (χ1v) is 6.01. The minimum Gasteiger partial charge on any atom is -0.481 e. The Morgan fingerprint density at radius 3 is 1.89 bits per heavy atom. The van der Waals surface area contributed by atoms with Crippen molar-refractivity contribution in [2.45, 2.75) is 38.8 Å². The predicted molar refractivity (Wildman–Crippen MR) is 65.9 cm³/mol. The van der Waals surface area contributed by atoms with E-state index in [2.05, 4.69) is 0 Å².